The third-order valence-electron chi connectivity index (χ3n) is 5.27. The van der Waals surface area contributed by atoms with Gasteiger partial charge in [-0.25, -0.2) is 9.78 Å². The second-order valence-corrected chi connectivity index (χ2v) is 10.0. The van der Waals surface area contributed by atoms with E-state index in [-0.39, 0.29) is 17.5 Å². The lowest BCUT2D eigenvalue weighted by Crippen LogP contribution is -2.23. The molecular formula is C21H31NO4S2. The van der Waals surface area contributed by atoms with Crippen LogP contribution in [0, 0.1) is 11.8 Å². The molecule has 1 aromatic rings. The van der Waals surface area contributed by atoms with Crippen molar-refractivity contribution in [2.24, 2.45) is 11.8 Å². The van der Waals surface area contributed by atoms with Gasteiger partial charge in [-0.1, -0.05) is 50.1 Å². The molecule has 0 aromatic carbocycles. The van der Waals surface area contributed by atoms with Crippen molar-refractivity contribution in [3.05, 3.63) is 23.2 Å². The molecule has 1 heterocycles. The molecule has 0 aliphatic heterocycles. The molecule has 0 bridgehead atoms. The third-order valence-corrected chi connectivity index (χ3v) is 7.33. The van der Waals surface area contributed by atoms with Crippen molar-refractivity contribution < 1.29 is 19.8 Å². The maximum absolute atomic E-state index is 12.3. The zero-order valence-electron chi connectivity index (χ0n) is 16.7. The molecule has 7 heteroatoms. The van der Waals surface area contributed by atoms with Gasteiger partial charge in [0, 0.05) is 23.5 Å². The monoisotopic (exact) mass is 425 g/mol. The van der Waals surface area contributed by atoms with Gasteiger partial charge in [0.2, 0.25) is 0 Å². The number of carboxylic acid groups (broad SMARTS) is 1. The summed E-state index contributed by atoms with van der Waals surface area (Å²) in [4.78, 5) is 27.2. The SMILES string of the molecule is CCCCCC(C)(O)C/C=C/[C@@H]1CCC(=O)[C@@H]1CCSc1nc(C(=O)O)cs1. The summed E-state index contributed by atoms with van der Waals surface area (Å²) >= 11 is 2.85. The largest absolute Gasteiger partial charge is 0.476 e. The molecule has 1 unspecified atom stereocenters. The van der Waals surface area contributed by atoms with Crippen molar-refractivity contribution in [3.8, 4) is 0 Å². The van der Waals surface area contributed by atoms with E-state index in [4.69, 9.17) is 5.11 Å². The van der Waals surface area contributed by atoms with E-state index in [0.29, 0.717) is 18.6 Å². The first-order chi connectivity index (χ1) is 13.3. The molecule has 1 saturated carbocycles. The maximum Gasteiger partial charge on any atom is 0.355 e. The number of aromatic carboxylic acids is 1. The number of hydrogen-bond acceptors (Lipinski definition) is 6. The van der Waals surface area contributed by atoms with Gasteiger partial charge in [0.25, 0.3) is 0 Å². The highest BCUT2D eigenvalue weighted by molar-refractivity contribution is 8.01. The highest BCUT2D eigenvalue weighted by Gasteiger charge is 2.32. The zero-order valence-corrected chi connectivity index (χ0v) is 18.4. The summed E-state index contributed by atoms with van der Waals surface area (Å²) in [6, 6.07) is 0. The quantitative estimate of drug-likeness (QED) is 0.272. The number of carbonyl (C=O) groups is 2. The van der Waals surface area contributed by atoms with Crippen LogP contribution in [0.15, 0.2) is 21.9 Å². The highest BCUT2D eigenvalue weighted by Crippen LogP contribution is 2.35. The number of ketones is 1. The van der Waals surface area contributed by atoms with Gasteiger partial charge in [-0.05, 0) is 38.5 Å². The molecule has 5 nitrogen and oxygen atoms in total. The molecule has 0 radical (unpaired) electrons. The molecule has 1 aromatic heterocycles. The van der Waals surface area contributed by atoms with Crippen molar-refractivity contribution in [2.75, 3.05) is 5.75 Å². The third kappa shape index (κ3) is 7.33. The zero-order chi connectivity index (χ0) is 20.6. The lowest BCUT2D eigenvalue weighted by molar-refractivity contribution is -0.121. The molecule has 28 heavy (non-hydrogen) atoms. The average Bonchev–Trinajstić information content (AvgIpc) is 3.23. The molecule has 2 rings (SSSR count). The van der Waals surface area contributed by atoms with Gasteiger partial charge in [-0.15, -0.1) is 11.3 Å². The van der Waals surface area contributed by atoms with Crippen LogP contribution in [0.3, 0.4) is 0 Å². The van der Waals surface area contributed by atoms with Crippen LogP contribution in [0.4, 0.5) is 0 Å². The van der Waals surface area contributed by atoms with Crippen molar-refractivity contribution in [3.63, 3.8) is 0 Å². The molecule has 156 valence electrons. The van der Waals surface area contributed by atoms with Gasteiger partial charge in [0.15, 0.2) is 10.0 Å². The maximum atomic E-state index is 12.3. The number of aliphatic hydroxyl groups is 1. The lowest BCUT2D eigenvalue weighted by Gasteiger charge is -2.22. The number of carboxylic acids is 1. The standard InChI is InChI=1S/C21H31NO4S2/c1-3-4-5-11-21(2,26)12-6-7-15-8-9-18(23)16(15)10-13-27-20-22-17(14-28-20)19(24)25/h6-7,14-16,26H,3-5,8-13H2,1-2H3,(H,24,25)/b7-6+/t15-,16-,21?/m1/s1. The Hall–Kier alpha value is -1.18. The number of rotatable bonds is 12. The van der Waals surface area contributed by atoms with Gasteiger partial charge < -0.3 is 10.2 Å². The summed E-state index contributed by atoms with van der Waals surface area (Å²) in [7, 11) is 0. The number of aromatic nitrogens is 1. The highest BCUT2D eigenvalue weighted by atomic mass is 32.2. The van der Waals surface area contributed by atoms with E-state index in [9.17, 15) is 14.7 Å². The van der Waals surface area contributed by atoms with E-state index >= 15 is 0 Å². The van der Waals surface area contributed by atoms with E-state index in [0.717, 1.165) is 48.6 Å². The number of unbranched alkanes of at least 4 members (excludes halogenated alkanes) is 2. The normalized spacial score (nSPS) is 22.0. The van der Waals surface area contributed by atoms with Crippen molar-refractivity contribution in [2.45, 2.75) is 75.2 Å². The van der Waals surface area contributed by atoms with Gasteiger partial charge in [-0.3, -0.25) is 4.79 Å². The Bertz CT molecular complexity index is 684. The second kappa shape index (κ2) is 11.1. The fourth-order valence-electron chi connectivity index (χ4n) is 3.59. The molecule has 1 aliphatic carbocycles. The number of thioether (sulfide) groups is 1. The van der Waals surface area contributed by atoms with Crippen molar-refractivity contribution in [1.29, 1.82) is 0 Å². The van der Waals surface area contributed by atoms with Crippen LogP contribution in [0.1, 0.15) is 75.7 Å². The van der Waals surface area contributed by atoms with E-state index in [1.807, 2.05) is 6.92 Å². The Labute approximate surface area is 175 Å². The first-order valence-electron chi connectivity index (χ1n) is 10.1. The molecule has 2 N–H and O–H groups in total. The number of hydrogen-bond donors (Lipinski definition) is 2. The molecule has 0 saturated heterocycles. The van der Waals surface area contributed by atoms with E-state index < -0.39 is 11.6 Å². The Morgan fingerprint density at radius 3 is 2.93 bits per heavy atom. The van der Waals surface area contributed by atoms with Crippen LogP contribution in [-0.4, -0.2) is 38.3 Å². The van der Waals surface area contributed by atoms with E-state index in [2.05, 4.69) is 24.1 Å². The lowest BCUT2D eigenvalue weighted by atomic mass is 9.90. The van der Waals surface area contributed by atoms with Gasteiger partial charge >= 0.3 is 5.97 Å². The predicted molar refractivity (Wildman–Crippen MR) is 114 cm³/mol. The van der Waals surface area contributed by atoms with Crippen LogP contribution in [0.25, 0.3) is 0 Å². The Balaban J connectivity index is 1.80. The summed E-state index contributed by atoms with van der Waals surface area (Å²) in [5.74, 6) is 0.320. The van der Waals surface area contributed by atoms with E-state index in [1.165, 1.54) is 23.1 Å². The number of Topliss-reactive ketones (excluding diaryl/α,β-unsaturated/α-hetero) is 1. The summed E-state index contributed by atoms with van der Waals surface area (Å²) < 4.78 is 0.734. The van der Waals surface area contributed by atoms with Gasteiger partial charge in [0.1, 0.15) is 5.78 Å². The Morgan fingerprint density at radius 1 is 1.46 bits per heavy atom. The minimum atomic E-state index is -1.01. The number of allylic oxidation sites excluding steroid dienone is 1. The van der Waals surface area contributed by atoms with Gasteiger partial charge in [-0.2, -0.15) is 0 Å². The minimum Gasteiger partial charge on any atom is -0.476 e. The summed E-state index contributed by atoms with van der Waals surface area (Å²) in [6.07, 6.45) is 11.2. The summed E-state index contributed by atoms with van der Waals surface area (Å²) in [5, 5.41) is 20.9. The van der Waals surface area contributed by atoms with Crippen LogP contribution < -0.4 is 0 Å². The number of carbonyl (C=O) groups excluding carboxylic acids is 1. The fourth-order valence-corrected chi connectivity index (χ4v) is 5.48. The van der Waals surface area contributed by atoms with Crippen molar-refractivity contribution >= 4 is 34.9 Å². The van der Waals surface area contributed by atoms with Crippen LogP contribution in [0.2, 0.25) is 0 Å². The number of thiazole rings is 1. The molecule has 1 fully saturated rings. The summed E-state index contributed by atoms with van der Waals surface area (Å²) in [5.41, 5.74) is -0.594. The topological polar surface area (TPSA) is 87.5 Å². The van der Waals surface area contributed by atoms with Crippen LogP contribution in [-0.2, 0) is 4.79 Å². The molecule has 3 atom stereocenters. The average molecular weight is 426 g/mol. The Morgan fingerprint density at radius 2 is 2.25 bits per heavy atom. The smallest absolute Gasteiger partial charge is 0.355 e. The summed E-state index contributed by atoms with van der Waals surface area (Å²) in [6.45, 7) is 4.05. The second-order valence-electron chi connectivity index (χ2n) is 7.80. The van der Waals surface area contributed by atoms with Crippen LogP contribution >= 0.6 is 23.1 Å². The first-order valence-corrected chi connectivity index (χ1v) is 11.9. The molecule has 0 spiro atoms. The van der Waals surface area contributed by atoms with E-state index in [1.54, 1.807) is 5.38 Å². The fraction of sp³-hybridized carbons (Fsp3) is 0.667. The van der Waals surface area contributed by atoms with Gasteiger partial charge in [0.05, 0.1) is 5.60 Å². The minimum absolute atomic E-state index is 0.0210. The molecule has 0 amide bonds. The van der Waals surface area contributed by atoms with Crippen molar-refractivity contribution in [1.82, 2.24) is 4.98 Å². The number of nitrogens with zero attached hydrogens (tertiary/aromatic N) is 1. The predicted octanol–water partition coefficient (Wildman–Crippen LogP) is 5.20. The molecular weight excluding hydrogens is 394 g/mol. The Kier molecular flexibility index (Phi) is 9.18. The molecule has 1 aliphatic rings. The first kappa shape index (κ1) is 23.1. The van der Waals surface area contributed by atoms with Crippen LogP contribution in [0.5, 0.6) is 0 Å².